The Morgan fingerprint density at radius 3 is 2.37 bits per heavy atom. The molecule has 0 saturated heterocycles. The largest absolute Gasteiger partial charge is 0.378 e. The Hall–Kier alpha value is -2.70. The summed E-state index contributed by atoms with van der Waals surface area (Å²) in [5.74, 6) is -0.133. The van der Waals surface area contributed by atoms with Crippen LogP contribution in [-0.2, 0) is 0 Å². The van der Waals surface area contributed by atoms with E-state index in [-0.39, 0.29) is 17.2 Å². The maximum Gasteiger partial charge on any atom is 0.337 e. The van der Waals surface area contributed by atoms with Crippen LogP contribution in [-0.4, -0.2) is 29.0 Å². The van der Waals surface area contributed by atoms with E-state index in [1.807, 2.05) is 31.1 Å². The molecule has 0 unspecified atom stereocenters. The van der Waals surface area contributed by atoms with Gasteiger partial charge in [0.1, 0.15) is 6.33 Å². The zero-order valence-corrected chi connectivity index (χ0v) is 10.6. The molecule has 98 valence electrons. The van der Waals surface area contributed by atoms with Crippen LogP contribution in [0.15, 0.2) is 30.6 Å². The zero-order valence-electron chi connectivity index (χ0n) is 10.6. The number of nitrogens with zero attached hydrogens (tertiary/aromatic N) is 4. The molecule has 0 fully saturated rings. The highest BCUT2D eigenvalue weighted by Crippen LogP contribution is 2.31. The van der Waals surface area contributed by atoms with Crippen molar-refractivity contribution in [3.8, 4) is 11.3 Å². The number of hydrogen-bond donors (Lipinski definition) is 1. The number of rotatable bonds is 3. The average Bonchev–Trinajstić information content (AvgIpc) is 2.38. The first-order chi connectivity index (χ1) is 9.00. The molecular formula is C12H13N5O2. The molecule has 0 bridgehead atoms. The lowest BCUT2D eigenvalue weighted by Gasteiger charge is -2.12. The maximum absolute atomic E-state index is 11.0. The minimum Gasteiger partial charge on any atom is -0.378 e. The number of nitrogens with two attached hydrogens (primary N) is 1. The minimum atomic E-state index is -0.565. The summed E-state index contributed by atoms with van der Waals surface area (Å²) < 4.78 is 0. The van der Waals surface area contributed by atoms with Crippen molar-refractivity contribution in [2.45, 2.75) is 0 Å². The molecule has 7 heteroatoms. The molecule has 0 radical (unpaired) electrons. The fourth-order valence-corrected chi connectivity index (χ4v) is 1.70. The van der Waals surface area contributed by atoms with Crippen molar-refractivity contribution < 1.29 is 4.92 Å². The first-order valence-corrected chi connectivity index (χ1v) is 5.53. The Morgan fingerprint density at radius 2 is 1.84 bits per heavy atom. The van der Waals surface area contributed by atoms with Crippen LogP contribution in [0.1, 0.15) is 0 Å². The van der Waals surface area contributed by atoms with Crippen molar-refractivity contribution in [3.63, 3.8) is 0 Å². The Morgan fingerprint density at radius 1 is 1.21 bits per heavy atom. The van der Waals surface area contributed by atoms with Gasteiger partial charge in [0.15, 0.2) is 5.69 Å². The van der Waals surface area contributed by atoms with Crippen molar-refractivity contribution in [1.29, 1.82) is 0 Å². The number of aromatic nitrogens is 2. The van der Waals surface area contributed by atoms with Gasteiger partial charge < -0.3 is 10.6 Å². The predicted molar refractivity (Wildman–Crippen MR) is 72.9 cm³/mol. The Balaban J connectivity index is 2.53. The number of hydrogen-bond acceptors (Lipinski definition) is 6. The summed E-state index contributed by atoms with van der Waals surface area (Å²) in [6.45, 7) is 0. The minimum absolute atomic E-state index is 0.133. The van der Waals surface area contributed by atoms with Gasteiger partial charge in [-0.1, -0.05) is 12.1 Å². The third kappa shape index (κ3) is 2.44. The Bertz CT molecular complexity index is 610. The van der Waals surface area contributed by atoms with E-state index >= 15 is 0 Å². The summed E-state index contributed by atoms with van der Waals surface area (Å²) in [6.07, 6.45) is 1.22. The van der Waals surface area contributed by atoms with Crippen LogP contribution in [0.5, 0.6) is 0 Å². The van der Waals surface area contributed by atoms with E-state index in [1.54, 1.807) is 12.1 Å². The molecule has 0 aliphatic carbocycles. The van der Waals surface area contributed by atoms with Crippen molar-refractivity contribution in [2.75, 3.05) is 24.7 Å². The fourth-order valence-electron chi connectivity index (χ4n) is 1.70. The maximum atomic E-state index is 11.0. The normalized spacial score (nSPS) is 10.2. The van der Waals surface area contributed by atoms with Crippen LogP contribution < -0.4 is 10.6 Å². The van der Waals surface area contributed by atoms with Crippen LogP contribution in [0.3, 0.4) is 0 Å². The number of anilines is 2. The summed E-state index contributed by atoms with van der Waals surface area (Å²) in [7, 11) is 3.83. The molecular weight excluding hydrogens is 246 g/mol. The van der Waals surface area contributed by atoms with Crippen LogP contribution in [0, 0.1) is 10.1 Å². The molecule has 1 aromatic heterocycles. The second kappa shape index (κ2) is 4.89. The molecule has 2 N–H and O–H groups in total. The smallest absolute Gasteiger partial charge is 0.337 e. The zero-order chi connectivity index (χ0) is 14.0. The fraction of sp³-hybridized carbons (Fsp3) is 0.167. The molecule has 0 saturated carbocycles. The Labute approximate surface area is 109 Å². The van der Waals surface area contributed by atoms with E-state index < -0.39 is 4.92 Å². The SMILES string of the molecule is CN(C)c1ccc(-c2ncnc(N)c2[N+](=O)[O-])cc1. The van der Waals surface area contributed by atoms with Gasteiger partial charge in [-0.25, -0.2) is 9.97 Å². The molecule has 2 aromatic rings. The third-order valence-electron chi connectivity index (χ3n) is 2.69. The summed E-state index contributed by atoms with van der Waals surface area (Å²) in [4.78, 5) is 20.0. The average molecular weight is 259 g/mol. The molecule has 1 aromatic carbocycles. The van der Waals surface area contributed by atoms with Gasteiger partial charge in [0.05, 0.1) is 4.92 Å². The molecule has 0 aliphatic rings. The van der Waals surface area contributed by atoms with Crippen molar-refractivity contribution in [1.82, 2.24) is 9.97 Å². The molecule has 0 atom stereocenters. The highest BCUT2D eigenvalue weighted by molar-refractivity contribution is 5.76. The van der Waals surface area contributed by atoms with E-state index in [0.717, 1.165) is 5.69 Å². The quantitative estimate of drug-likeness (QED) is 0.665. The predicted octanol–water partition coefficient (Wildman–Crippen LogP) is 1.70. The van der Waals surface area contributed by atoms with E-state index in [0.29, 0.717) is 5.56 Å². The Kier molecular flexibility index (Phi) is 3.28. The number of nitro groups is 1. The number of nitrogen functional groups attached to an aromatic ring is 1. The summed E-state index contributed by atoms with van der Waals surface area (Å²) in [5.41, 5.74) is 7.12. The van der Waals surface area contributed by atoms with Gasteiger partial charge in [0.25, 0.3) is 0 Å². The van der Waals surface area contributed by atoms with Gasteiger partial charge in [-0.05, 0) is 12.1 Å². The van der Waals surface area contributed by atoms with Gasteiger partial charge in [-0.3, -0.25) is 10.1 Å². The van der Waals surface area contributed by atoms with E-state index in [4.69, 9.17) is 5.73 Å². The van der Waals surface area contributed by atoms with Gasteiger partial charge >= 0.3 is 5.69 Å². The highest BCUT2D eigenvalue weighted by atomic mass is 16.6. The lowest BCUT2D eigenvalue weighted by atomic mass is 10.1. The molecule has 0 aliphatic heterocycles. The van der Waals surface area contributed by atoms with Crippen molar-refractivity contribution in [3.05, 3.63) is 40.7 Å². The van der Waals surface area contributed by atoms with E-state index in [2.05, 4.69) is 9.97 Å². The third-order valence-corrected chi connectivity index (χ3v) is 2.69. The number of benzene rings is 1. The first-order valence-electron chi connectivity index (χ1n) is 5.53. The summed E-state index contributed by atoms with van der Waals surface area (Å²) >= 11 is 0. The van der Waals surface area contributed by atoms with E-state index in [9.17, 15) is 10.1 Å². The van der Waals surface area contributed by atoms with Gasteiger partial charge in [0, 0.05) is 25.3 Å². The second-order valence-corrected chi connectivity index (χ2v) is 4.15. The van der Waals surface area contributed by atoms with Gasteiger partial charge in [-0.2, -0.15) is 0 Å². The lowest BCUT2D eigenvalue weighted by molar-refractivity contribution is -0.383. The molecule has 2 rings (SSSR count). The topological polar surface area (TPSA) is 98.2 Å². The van der Waals surface area contributed by atoms with Crippen LogP contribution in [0.4, 0.5) is 17.2 Å². The molecule has 1 heterocycles. The summed E-state index contributed by atoms with van der Waals surface area (Å²) in [5, 5.41) is 11.0. The standard InChI is InChI=1S/C12H13N5O2/c1-16(2)9-5-3-8(4-6-9)10-11(17(18)19)12(13)15-7-14-10/h3-7H,1-2H3,(H2,13,14,15). The van der Waals surface area contributed by atoms with Crippen LogP contribution in [0.25, 0.3) is 11.3 Å². The van der Waals surface area contributed by atoms with E-state index in [1.165, 1.54) is 6.33 Å². The van der Waals surface area contributed by atoms with Gasteiger partial charge in [0.2, 0.25) is 5.82 Å². The van der Waals surface area contributed by atoms with Crippen LogP contribution >= 0.6 is 0 Å². The highest BCUT2D eigenvalue weighted by Gasteiger charge is 2.21. The monoisotopic (exact) mass is 259 g/mol. The molecule has 19 heavy (non-hydrogen) atoms. The van der Waals surface area contributed by atoms with Gasteiger partial charge in [-0.15, -0.1) is 0 Å². The molecule has 0 spiro atoms. The summed E-state index contributed by atoms with van der Waals surface area (Å²) in [6, 6.07) is 7.25. The first kappa shape index (κ1) is 12.7. The lowest BCUT2D eigenvalue weighted by Crippen LogP contribution is -2.08. The van der Waals surface area contributed by atoms with Crippen molar-refractivity contribution >= 4 is 17.2 Å². The van der Waals surface area contributed by atoms with Crippen LogP contribution in [0.2, 0.25) is 0 Å². The molecule has 7 nitrogen and oxygen atoms in total. The van der Waals surface area contributed by atoms with Crippen molar-refractivity contribution in [2.24, 2.45) is 0 Å². The molecule has 0 amide bonds. The second-order valence-electron chi connectivity index (χ2n) is 4.15.